The van der Waals surface area contributed by atoms with Crippen LogP contribution in [0.1, 0.15) is 37.8 Å². The number of aryl methyl sites for hydroxylation is 1. The van der Waals surface area contributed by atoms with Crippen LogP contribution in [0.25, 0.3) is 11.6 Å². The number of nitrogens with two attached hydrogens (primary N) is 1. The molecule has 0 aliphatic heterocycles. The van der Waals surface area contributed by atoms with Crippen molar-refractivity contribution in [2.45, 2.75) is 33.2 Å². The maximum atomic E-state index is 5.97. The van der Waals surface area contributed by atoms with Crippen LogP contribution >= 0.6 is 0 Å². The molecule has 17 heavy (non-hydrogen) atoms. The summed E-state index contributed by atoms with van der Waals surface area (Å²) in [5.41, 5.74) is 6.96. The second-order valence-corrected chi connectivity index (χ2v) is 4.63. The number of furan rings is 1. The SMILES string of the molecule is Cc1ccoc1-c1noc(C(N)CC(C)C)n1. The first kappa shape index (κ1) is 11.9. The summed E-state index contributed by atoms with van der Waals surface area (Å²) in [6.45, 7) is 6.14. The molecule has 0 bridgehead atoms. The zero-order chi connectivity index (χ0) is 12.4. The minimum absolute atomic E-state index is 0.216. The summed E-state index contributed by atoms with van der Waals surface area (Å²) in [7, 11) is 0. The second-order valence-electron chi connectivity index (χ2n) is 4.63. The fourth-order valence-corrected chi connectivity index (χ4v) is 1.69. The second kappa shape index (κ2) is 4.71. The molecule has 2 N–H and O–H groups in total. The van der Waals surface area contributed by atoms with Crippen LogP contribution in [-0.4, -0.2) is 10.1 Å². The highest BCUT2D eigenvalue weighted by Gasteiger charge is 2.19. The molecular weight excluding hydrogens is 218 g/mol. The van der Waals surface area contributed by atoms with Gasteiger partial charge in [0.05, 0.1) is 12.3 Å². The third-order valence-corrected chi connectivity index (χ3v) is 2.55. The molecular formula is C12H17N3O2. The van der Waals surface area contributed by atoms with E-state index in [1.165, 1.54) is 0 Å². The van der Waals surface area contributed by atoms with E-state index in [1.807, 2.05) is 13.0 Å². The summed E-state index contributed by atoms with van der Waals surface area (Å²) >= 11 is 0. The van der Waals surface area contributed by atoms with E-state index in [4.69, 9.17) is 14.7 Å². The van der Waals surface area contributed by atoms with Crippen molar-refractivity contribution in [1.82, 2.24) is 10.1 Å². The standard InChI is InChI=1S/C12H17N3O2/c1-7(2)6-9(13)12-14-11(15-17-12)10-8(3)4-5-16-10/h4-5,7,9H,6,13H2,1-3H3. The highest BCUT2D eigenvalue weighted by Crippen LogP contribution is 2.24. The zero-order valence-electron chi connectivity index (χ0n) is 10.3. The van der Waals surface area contributed by atoms with E-state index in [9.17, 15) is 0 Å². The van der Waals surface area contributed by atoms with Crippen LogP contribution in [0, 0.1) is 12.8 Å². The Morgan fingerprint density at radius 3 is 2.76 bits per heavy atom. The van der Waals surface area contributed by atoms with Gasteiger partial charge in [-0.1, -0.05) is 19.0 Å². The molecule has 2 aromatic heterocycles. The van der Waals surface area contributed by atoms with Crippen LogP contribution in [-0.2, 0) is 0 Å². The van der Waals surface area contributed by atoms with Crippen molar-refractivity contribution in [3.63, 3.8) is 0 Å². The molecule has 0 fully saturated rings. The van der Waals surface area contributed by atoms with Gasteiger partial charge in [0, 0.05) is 0 Å². The molecule has 0 aliphatic rings. The highest BCUT2D eigenvalue weighted by atomic mass is 16.5. The van der Waals surface area contributed by atoms with Gasteiger partial charge in [0.15, 0.2) is 5.76 Å². The van der Waals surface area contributed by atoms with Gasteiger partial charge < -0.3 is 14.7 Å². The molecule has 0 saturated heterocycles. The monoisotopic (exact) mass is 235 g/mol. The molecule has 5 nitrogen and oxygen atoms in total. The Kier molecular flexibility index (Phi) is 3.28. The van der Waals surface area contributed by atoms with Crippen LogP contribution in [0.5, 0.6) is 0 Å². The average molecular weight is 235 g/mol. The predicted octanol–water partition coefficient (Wildman–Crippen LogP) is 2.68. The van der Waals surface area contributed by atoms with Crippen LogP contribution < -0.4 is 5.73 Å². The van der Waals surface area contributed by atoms with Gasteiger partial charge in [-0.15, -0.1) is 0 Å². The lowest BCUT2D eigenvalue weighted by atomic mass is 10.0. The smallest absolute Gasteiger partial charge is 0.243 e. The summed E-state index contributed by atoms with van der Waals surface area (Å²) in [5, 5.41) is 3.89. The molecule has 2 aromatic rings. The van der Waals surface area contributed by atoms with E-state index < -0.39 is 0 Å². The number of aromatic nitrogens is 2. The van der Waals surface area contributed by atoms with E-state index in [0.717, 1.165) is 12.0 Å². The third-order valence-electron chi connectivity index (χ3n) is 2.55. The predicted molar refractivity (Wildman–Crippen MR) is 63.1 cm³/mol. The molecule has 0 radical (unpaired) electrons. The molecule has 0 aromatic carbocycles. The first-order chi connectivity index (χ1) is 8.08. The maximum absolute atomic E-state index is 5.97. The Morgan fingerprint density at radius 1 is 1.41 bits per heavy atom. The van der Waals surface area contributed by atoms with Crippen LogP contribution in [0.2, 0.25) is 0 Å². The number of rotatable bonds is 4. The Balaban J connectivity index is 2.19. The van der Waals surface area contributed by atoms with E-state index in [2.05, 4.69) is 24.0 Å². The summed E-state index contributed by atoms with van der Waals surface area (Å²) in [5.74, 6) is 2.05. The maximum Gasteiger partial charge on any atom is 0.243 e. The fourth-order valence-electron chi connectivity index (χ4n) is 1.69. The molecule has 2 heterocycles. The number of hydrogen-bond acceptors (Lipinski definition) is 5. The lowest BCUT2D eigenvalue weighted by molar-refractivity contribution is 0.335. The van der Waals surface area contributed by atoms with Gasteiger partial charge in [-0.3, -0.25) is 0 Å². The van der Waals surface area contributed by atoms with Gasteiger partial charge in [-0.05, 0) is 30.9 Å². The van der Waals surface area contributed by atoms with Gasteiger partial charge in [0.1, 0.15) is 0 Å². The van der Waals surface area contributed by atoms with Gasteiger partial charge in [0.25, 0.3) is 0 Å². The molecule has 0 saturated carbocycles. The molecule has 5 heteroatoms. The van der Waals surface area contributed by atoms with Crippen molar-refractivity contribution in [2.24, 2.45) is 11.7 Å². The molecule has 92 valence electrons. The Morgan fingerprint density at radius 2 is 2.18 bits per heavy atom. The summed E-state index contributed by atoms with van der Waals surface area (Å²) in [4.78, 5) is 4.27. The Hall–Kier alpha value is -1.62. The van der Waals surface area contributed by atoms with E-state index in [1.54, 1.807) is 6.26 Å². The topological polar surface area (TPSA) is 78.1 Å². The van der Waals surface area contributed by atoms with E-state index in [0.29, 0.717) is 23.4 Å². The van der Waals surface area contributed by atoms with Crippen molar-refractivity contribution < 1.29 is 8.94 Å². The van der Waals surface area contributed by atoms with Crippen molar-refractivity contribution in [3.05, 3.63) is 23.8 Å². The molecule has 0 spiro atoms. The number of hydrogen-bond donors (Lipinski definition) is 1. The average Bonchev–Trinajstić information content (AvgIpc) is 2.84. The summed E-state index contributed by atoms with van der Waals surface area (Å²) in [6.07, 6.45) is 2.42. The van der Waals surface area contributed by atoms with Crippen LogP contribution in [0.15, 0.2) is 21.3 Å². The first-order valence-electron chi connectivity index (χ1n) is 5.71. The molecule has 1 unspecified atom stereocenters. The van der Waals surface area contributed by atoms with E-state index >= 15 is 0 Å². The minimum atomic E-state index is -0.216. The lowest BCUT2D eigenvalue weighted by Crippen LogP contribution is -2.13. The van der Waals surface area contributed by atoms with E-state index in [-0.39, 0.29) is 6.04 Å². The van der Waals surface area contributed by atoms with Crippen LogP contribution in [0.3, 0.4) is 0 Å². The Labute approximate surface area is 100.0 Å². The largest absolute Gasteiger partial charge is 0.461 e. The van der Waals surface area contributed by atoms with Crippen molar-refractivity contribution >= 4 is 0 Å². The fraction of sp³-hybridized carbons (Fsp3) is 0.500. The van der Waals surface area contributed by atoms with Gasteiger partial charge in [-0.25, -0.2) is 0 Å². The molecule has 1 atom stereocenters. The van der Waals surface area contributed by atoms with Crippen molar-refractivity contribution in [1.29, 1.82) is 0 Å². The third kappa shape index (κ3) is 2.55. The van der Waals surface area contributed by atoms with Gasteiger partial charge in [-0.2, -0.15) is 4.98 Å². The van der Waals surface area contributed by atoms with Crippen LogP contribution in [0.4, 0.5) is 0 Å². The summed E-state index contributed by atoms with van der Waals surface area (Å²) < 4.78 is 10.5. The quantitative estimate of drug-likeness (QED) is 0.881. The van der Waals surface area contributed by atoms with Crippen molar-refractivity contribution in [3.8, 4) is 11.6 Å². The number of nitrogens with zero attached hydrogens (tertiary/aromatic N) is 2. The molecule has 2 rings (SSSR count). The van der Waals surface area contributed by atoms with Gasteiger partial charge in [0.2, 0.25) is 11.7 Å². The highest BCUT2D eigenvalue weighted by molar-refractivity contribution is 5.51. The summed E-state index contributed by atoms with van der Waals surface area (Å²) in [6, 6.07) is 1.64. The Bertz CT molecular complexity index is 487. The normalized spacial score (nSPS) is 13.2. The molecule has 0 amide bonds. The first-order valence-corrected chi connectivity index (χ1v) is 5.71. The van der Waals surface area contributed by atoms with Gasteiger partial charge >= 0.3 is 0 Å². The minimum Gasteiger partial charge on any atom is -0.461 e. The molecule has 0 aliphatic carbocycles. The van der Waals surface area contributed by atoms with Crippen molar-refractivity contribution in [2.75, 3.05) is 0 Å². The zero-order valence-corrected chi connectivity index (χ0v) is 10.3. The lowest BCUT2D eigenvalue weighted by Gasteiger charge is -2.08.